The van der Waals surface area contributed by atoms with Crippen molar-refractivity contribution in [1.82, 2.24) is 14.9 Å². The molecule has 6 heteroatoms. The summed E-state index contributed by atoms with van der Waals surface area (Å²) in [6, 6.07) is -0.200. The van der Waals surface area contributed by atoms with Crippen LogP contribution in [0.2, 0.25) is 0 Å². The molecule has 0 bridgehead atoms. The molecule has 0 aliphatic rings. The summed E-state index contributed by atoms with van der Waals surface area (Å²) in [4.78, 5) is 11.3. The van der Waals surface area contributed by atoms with Crippen molar-refractivity contribution in [3.8, 4) is 0 Å². The Morgan fingerprint density at radius 2 is 2.62 bits per heavy atom. The molecule has 0 saturated carbocycles. The molecule has 0 aromatic carbocycles. The van der Waals surface area contributed by atoms with Gasteiger partial charge in [-0.05, 0) is 18.0 Å². The van der Waals surface area contributed by atoms with Gasteiger partial charge in [0, 0.05) is 5.38 Å². The highest BCUT2D eigenvalue weighted by Crippen LogP contribution is 1.98. The highest BCUT2D eigenvalue weighted by Gasteiger charge is 2.12. The molecule has 1 amide bonds. The third-order valence-electron chi connectivity index (χ3n) is 1.64. The molecule has 1 aromatic rings. The molecule has 1 aromatic heterocycles. The van der Waals surface area contributed by atoms with E-state index in [4.69, 9.17) is 5.11 Å². The van der Waals surface area contributed by atoms with Crippen LogP contribution in [0.5, 0.6) is 0 Å². The van der Waals surface area contributed by atoms with Gasteiger partial charge in [-0.25, -0.2) is 0 Å². The Labute approximate surface area is 80.0 Å². The predicted octanol–water partition coefficient (Wildman–Crippen LogP) is 0.0388. The van der Waals surface area contributed by atoms with Gasteiger partial charge in [-0.1, -0.05) is 11.4 Å². The van der Waals surface area contributed by atoms with Crippen molar-refractivity contribution in [2.75, 3.05) is 6.61 Å². The number of aromatic nitrogens is 2. The first-order valence-corrected chi connectivity index (χ1v) is 4.80. The largest absolute Gasteiger partial charge is 0.394 e. The van der Waals surface area contributed by atoms with E-state index in [1.54, 1.807) is 5.38 Å². The van der Waals surface area contributed by atoms with Gasteiger partial charge in [0.1, 0.15) is 0 Å². The normalized spacial score (nSPS) is 12.5. The Hall–Kier alpha value is -1.01. The molecule has 13 heavy (non-hydrogen) atoms. The Balaban J connectivity index is 2.50. The maximum atomic E-state index is 11.3. The molecule has 0 aliphatic carbocycles. The van der Waals surface area contributed by atoms with Crippen LogP contribution < -0.4 is 5.32 Å². The minimum absolute atomic E-state index is 0.0557. The summed E-state index contributed by atoms with van der Waals surface area (Å²) in [6.45, 7) is 1.83. The van der Waals surface area contributed by atoms with Gasteiger partial charge in [-0.2, -0.15) is 0 Å². The topological polar surface area (TPSA) is 75.1 Å². The molecule has 5 nitrogen and oxygen atoms in total. The summed E-state index contributed by atoms with van der Waals surface area (Å²) < 4.78 is 3.57. The van der Waals surface area contributed by atoms with Gasteiger partial charge in [-0.15, -0.1) is 5.10 Å². The first-order chi connectivity index (χ1) is 6.27. The second kappa shape index (κ2) is 4.88. The maximum absolute atomic E-state index is 11.3. The van der Waals surface area contributed by atoms with Crippen LogP contribution in [0.4, 0.5) is 0 Å². The minimum Gasteiger partial charge on any atom is -0.394 e. The van der Waals surface area contributed by atoms with E-state index < -0.39 is 0 Å². The van der Waals surface area contributed by atoms with Gasteiger partial charge in [0.05, 0.1) is 12.6 Å². The highest BCUT2D eigenvalue weighted by molar-refractivity contribution is 7.03. The van der Waals surface area contributed by atoms with E-state index in [1.807, 2.05) is 6.92 Å². The van der Waals surface area contributed by atoms with Crippen molar-refractivity contribution in [1.29, 1.82) is 0 Å². The zero-order valence-corrected chi connectivity index (χ0v) is 8.04. The van der Waals surface area contributed by atoms with Crippen LogP contribution in [0, 0.1) is 0 Å². The number of hydrogen-bond donors (Lipinski definition) is 2. The summed E-state index contributed by atoms with van der Waals surface area (Å²) in [6.07, 6.45) is 0.694. The maximum Gasteiger partial charge on any atom is 0.273 e. The summed E-state index contributed by atoms with van der Waals surface area (Å²) in [7, 11) is 0. The smallest absolute Gasteiger partial charge is 0.273 e. The summed E-state index contributed by atoms with van der Waals surface area (Å²) in [5.74, 6) is -0.283. The molecular weight excluding hydrogens is 190 g/mol. The molecule has 1 heterocycles. The predicted molar refractivity (Wildman–Crippen MR) is 48.5 cm³/mol. The molecular formula is C7H11N3O2S. The summed E-state index contributed by atoms with van der Waals surface area (Å²) in [5.41, 5.74) is 0.303. The van der Waals surface area contributed by atoms with Crippen molar-refractivity contribution in [2.24, 2.45) is 0 Å². The van der Waals surface area contributed by atoms with E-state index in [9.17, 15) is 4.79 Å². The van der Waals surface area contributed by atoms with Gasteiger partial charge < -0.3 is 10.4 Å². The third-order valence-corrected chi connectivity index (χ3v) is 2.15. The molecule has 0 radical (unpaired) electrons. The highest BCUT2D eigenvalue weighted by atomic mass is 32.1. The number of rotatable bonds is 4. The Bertz CT molecular complexity index is 259. The number of nitrogens with zero attached hydrogens (tertiary/aromatic N) is 2. The van der Waals surface area contributed by atoms with Crippen molar-refractivity contribution < 1.29 is 9.90 Å². The third kappa shape index (κ3) is 2.74. The standard InChI is InChI=1S/C7H11N3O2S/c1-2-5(3-11)8-7(12)6-4-13-10-9-6/h4-5,11H,2-3H2,1H3,(H,8,12)/t5-/m1/s1. The number of nitrogens with one attached hydrogen (secondary N) is 1. The number of carbonyl (C=O) groups excluding carboxylic acids is 1. The second-order valence-corrected chi connectivity index (χ2v) is 3.16. The lowest BCUT2D eigenvalue weighted by molar-refractivity contribution is 0.0910. The molecule has 2 N–H and O–H groups in total. The quantitative estimate of drug-likeness (QED) is 0.721. The molecule has 0 unspecified atom stereocenters. The van der Waals surface area contributed by atoms with Crippen molar-refractivity contribution in [3.63, 3.8) is 0 Å². The number of aliphatic hydroxyl groups is 1. The zero-order valence-electron chi connectivity index (χ0n) is 7.23. The zero-order chi connectivity index (χ0) is 9.68. The van der Waals surface area contributed by atoms with Crippen LogP contribution in [-0.2, 0) is 0 Å². The SMILES string of the molecule is CC[C@H](CO)NC(=O)c1csnn1. The number of carbonyl (C=O) groups is 1. The van der Waals surface area contributed by atoms with Crippen LogP contribution >= 0.6 is 11.5 Å². The summed E-state index contributed by atoms with van der Waals surface area (Å²) >= 11 is 1.13. The monoisotopic (exact) mass is 201 g/mol. The van der Waals surface area contributed by atoms with Gasteiger partial charge >= 0.3 is 0 Å². The van der Waals surface area contributed by atoms with E-state index in [2.05, 4.69) is 14.9 Å². The molecule has 0 fully saturated rings. The van der Waals surface area contributed by atoms with Gasteiger partial charge in [0.2, 0.25) is 0 Å². The Kier molecular flexibility index (Phi) is 3.78. The average molecular weight is 201 g/mol. The Morgan fingerprint density at radius 1 is 1.85 bits per heavy atom. The first kappa shape index (κ1) is 10.1. The lowest BCUT2D eigenvalue weighted by Crippen LogP contribution is -2.37. The molecule has 0 aliphatic heterocycles. The molecule has 72 valence electrons. The number of hydrogen-bond acceptors (Lipinski definition) is 5. The number of amides is 1. The molecule has 0 saturated heterocycles. The van der Waals surface area contributed by atoms with E-state index >= 15 is 0 Å². The molecule has 1 rings (SSSR count). The fraction of sp³-hybridized carbons (Fsp3) is 0.571. The molecule has 0 spiro atoms. The summed E-state index contributed by atoms with van der Waals surface area (Å²) in [5, 5.41) is 16.6. The van der Waals surface area contributed by atoms with Gasteiger partial charge in [0.15, 0.2) is 5.69 Å². The van der Waals surface area contributed by atoms with Crippen LogP contribution in [0.25, 0.3) is 0 Å². The van der Waals surface area contributed by atoms with Crippen molar-refractivity contribution >= 4 is 17.4 Å². The minimum atomic E-state index is -0.283. The fourth-order valence-electron chi connectivity index (χ4n) is 0.800. The first-order valence-electron chi connectivity index (χ1n) is 3.96. The van der Waals surface area contributed by atoms with E-state index in [0.717, 1.165) is 11.5 Å². The van der Waals surface area contributed by atoms with Crippen LogP contribution in [0.1, 0.15) is 23.8 Å². The molecule has 1 atom stereocenters. The van der Waals surface area contributed by atoms with Crippen LogP contribution in [0.15, 0.2) is 5.38 Å². The lowest BCUT2D eigenvalue weighted by atomic mass is 10.2. The van der Waals surface area contributed by atoms with Crippen LogP contribution in [0.3, 0.4) is 0 Å². The van der Waals surface area contributed by atoms with Gasteiger partial charge in [0.25, 0.3) is 5.91 Å². The number of aliphatic hydroxyl groups excluding tert-OH is 1. The van der Waals surface area contributed by atoms with Crippen molar-refractivity contribution in [3.05, 3.63) is 11.1 Å². The van der Waals surface area contributed by atoms with Crippen LogP contribution in [-0.4, -0.2) is 33.2 Å². The fourth-order valence-corrected chi connectivity index (χ4v) is 1.24. The van der Waals surface area contributed by atoms with Gasteiger partial charge in [-0.3, -0.25) is 4.79 Å². The lowest BCUT2D eigenvalue weighted by Gasteiger charge is -2.11. The van der Waals surface area contributed by atoms with E-state index in [1.165, 1.54) is 0 Å². The van der Waals surface area contributed by atoms with E-state index in [-0.39, 0.29) is 18.6 Å². The van der Waals surface area contributed by atoms with E-state index in [0.29, 0.717) is 12.1 Å². The van der Waals surface area contributed by atoms with Crippen molar-refractivity contribution in [2.45, 2.75) is 19.4 Å². The average Bonchev–Trinajstić information content (AvgIpc) is 2.66. The Morgan fingerprint density at radius 3 is 3.08 bits per heavy atom. The second-order valence-electron chi connectivity index (χ2n) is 2.55.